The fraction of sp³-hybridized carbons (Fsp3) is 0.800. The van der Waals surface area contributed by atoms with Crippen LogP contribution < -0.4 is 5.32 Å². The number of thiazole rings is 1. The van der Waals surface area contributed by atoms with Crippen LogP contribution in [0.1, 0.15) is 24.0 Å². The van der Waals surface area contributed by atoms with Crippen LogP contribution >= 0.6 is 11.3 Å². The van der Waals surface area contributed by atoms with Gasteiger partial charge in [0.1, 0.15) is 0 Å². The number of aromatic nitrogens is 1. The molecule has 1 saturated heterocycles. The zero-order chi connectivity index (χ0) is 14.5. The predicted octanol–water partition coefficient (Wildman–Crippen LogP) is 1.61. The first-order valence-corrected chi connectivity index (χ1v) is 8.49. The van der Waals surface area contributed by atoms with Crippen molar-refractivity contribution >= 4 is 11.3 Å². The third-order valence-electron chi connectivity index (χ3n) is 4.12. The van der Waals surface area contributed by atoms with Crippen LogP contribution in [-0.2, 0) is 6.42 Å². The van der Waals surface area contributed by atoms with E-state index in [4.69, 9.17) is 0 Å². The molecular formula is C15H28N4S. The molecule has 1 aromatic heterocycles. The van der Waals surface area contributed by atoms with Gasteiger partial charge in [-0.2, -0.15) is 0 Å². The minimum atomic E-state index is 0.532. The van der Waals surface area contributed by atoms with Crippen molar-refractivity contribution in [1.82, 2.24) is 20.1 Å². The summed E-state index contributed by atoms with van der Waals surface area (Å²) in [4.78, 5) is 9.57. The summed E-state index contributed by atoms with van der Waals surface area (Å²) in [5, 5.41) is 7.06. The van der Waals surface area contributed by atoms with Crippen molar-refractivity contribution in [2.24, 2.45) is 0 Å². The minimum absolute atomic E-state index is 0.532. The molecule has 1 N–H and O–H groups in total. The molecule has 5 heteroatoms. The largest absolute Gasteiger partial charge is 0.314 e. The van der Waals surface area contributed by atoms with E-state index in [1.807, 2.05) is 0 Å². The second kappa shape index (κ2) is 7.50. The summed E-state index contributed by atoms with van der Waals surface area (Å²) in [6.07, 6.45) is 2.26. The fourth-order valence-electron chi connectivity index (χ4n) is 2.92. The van der Waals surface area contributed by atoms with E-state index in [9.17, 15) is 0 Å². The highest BCUT2D eigenvalue weighted by Crippen LogP contribution is 2.17. The Morgan fingerprint density at radius 3 is 2.90 bits per heavy atom. The van der Waals surface area contributed by atoms with Crippen molar-refractivity contribution in [2.45, 2.75) is 38.8 Å². The number of piperazine rings is 1. The summed E-state index contributed by atoms with van der Waals surface area (Å²) in [7, 11) is 4.49. The summed E-state index contributed by atoms with van der Waals surface area (Å²) in [5.74, 6) is 0. The van der Waals surface area contributed by atoms with Crippen molar-refractivity contribution in [3.63, 3.8) is 0 Å². The normalized spacial score (nSPS) is 23.1. The minimum Gasteiger partial charge on any atom is -0.314 e. The average molecular weight is 296 g/mol. The predicted molar refractivity (Wildman–Crippen MR) is 86.6 cm³/mol. The van der Waals surface area contributed by atoms with Crippen molar-refractivity contribution in [3.8, 4) is 0 Å². The molecule has 1 aliphatic rings. The summed E-state index contributed by atoms with van der Waals surface area (Å²) in [6.45, 7) is 8.83. The highest BCUT2D eigenvalue weighted by Gasteiger charge is 2.25. The fourth-order valence-corrected chi connectivity index (χ4v) is 3.77. The number of hydrogen-bond donors (Lipinski definition) is 1. The van der Waals surface area contributed by atoms with E-state index in [-0.39, 0.29) is 0 Å². The first-order chi connectivity index (χ1) is 9.58. The Kier molecular flexibility index (Phi) is 5.96. The van der Waals surface area contributed by atoms with Gasteiger partial charge >= 0.3 is 0 Å². The lowest BCUT2D eigenvalue weighted by atomic mass is 10.0. The zero-order valence-electron chi connectivity index (χ0n) is 13.2. The molecule has 114 valence electrons. The summed E-state index contributed by atoms with van der Waals surface area (Å²) in [5.41, 5.74) is 1.15. The Morgan fingerprint density at radius 2 is 2.25 bits per heavy atom. The Balaban J connectivity index is 1.93. The van der Waals surface area contributed by atoms with Crippen LogP contribution in [0.25, 0.3) is 0 Å². The highest BCUT2D eigenvalue weighted by molar-refractivity contribution is 7.09. The Bertz CT molecular complexity index is 406. The maximum atomic E-state index is 4.61. The van der Waals surface area contributed by atoms with Gasteiger partial charge in [0.25, 0.3) is 0 Å². The van der Waals surface area contributed by atoms with Gasteiger partial charge in [0.15, 0.2) is 0 Å². The van der Waals surface area contributed by atoms with Gasteiger partial charge in [-0.15, -0.1) is 11.3 Å². The van der Waals surface area contributed by atoms with Crippen molar-refractivity contribution in [3.05, 3.63) is 16.1 Å². The molecule has 2 rings (SSSR count). The van der Waals surface area contributed by atoms with Gasteiger partial charge in [0.2, 0.25) is 0 Å². The lowest BCUT2D eigenvalue weighted by Gasteiger charge is -2.39. The SMILES string of the molecule is CCNC(Cc1nc(C)cs1)CC1CN(C)CCN1C. The van der Waals surface area contributed by atoms with Crippen LogP contribution in [0.2, 0.25) is 0 Å². The first kappa shape index (κ1) is 15.9. The van der Waals surface area contributed by atoms with Gasteiger partial charge < -0.3 is 15.1 Å². The molecule has 1 aromatic rings. The van der Waals surface area contributed by atoms with E-state index < -0.39 is 0 Å². The van der Waals surface area contributed by atoms with Gasteiger partial charge in [-0.1, -0.05) is 6.92 Å². The van der Waals surface area contributed by atoms with Gasteiger partial charge in [-0.05, 0) is 34.0 Å². The molecule has 2 heterocycles. The first-order valence-electron chi connectivity index (χ1n) is 7.61. The second-order valence-corrected chi connectivity index (χ2v) is 6.92. The topological polar surface area (TPSA) is 31.4 Å². The lowest BCUT2D eigenvalue weighted by molar-refractivity contribution is 0.101. The number of hydrogen-bond acceptors (Lipinski definition) is 5. The standard InChI is InChI=1S/C15H28N4S/c1-5-16-13(9-15-17-12(2)11-20-15)8-14-10-18(3)6-7-19(14)4/h11,13-14,16H,5-10H2,1-4H3. The molecule has 1 fully saturated rings. The summed E-state index contributed by atoms with van der Waals surface area (Å²) < 4.78 is 0. The molecule has 4 nitrogen and oxygen atoms in total. The van der Waals surface area contributed by atoms with Crippen LogP contribution in [0.3, 0.4) is 0 Å². The maximum Gasteiger partial charge on any atom is 0.0943 e. The smallest absolute Gasteiger partial charge is 0.0943 e. The quantitative estimate of drug-likeness (QED) is 0.864. The van der Waals surface area contributed by atoms with Gasteiger partial charge in [-0.3, -0.25) is 0 Å². The van der Waals surface area contributed by atoms with Gasteiger partial charge in [0.05, 0.1) is 5.01 Å². The van der Waals surface area contributed by atoms with Crippen LogP contribution in [0, 0.1) is 6.92 Å². The molecule has 0 spiro atoms. The molecule has 0 radical (unpaired) electrons. The molecule has 0 bridgehead atoms. The highest BCUT2D eigenvalue weighted by atomic mass is 32.1. The molecule has 0 amide bonds. The molecule has 2 unspecified atom stereocenters. The summed E-state index contributed by atoms with van der Waals surface area (Å²) in [6, 6.07) is 1.18. The molecule has 1 aliphatic heterocycles. The lowest BCUT2D eigenvalue weighted by Crippen LogP contribution is -2.52. The molecule has 2 atom stereocenters. The summed E-state index contributed by atoms with van der Waals surface area (Å²) >= 11 is 1.79. The Hall–Kier alpha value is -0.490. The van der Waals surface area contributed by atoms with Crippen LogP contribution in [0.4, 0.5) is 0 Å². The molecule has 0 saturated carbocycles. The molecular weight excluding hydrogens is 268 g/mol. The van der Waals surface area contributed by atoms with E-state index >= 15 is 0 Å². The van der Waals surface area contributed by atoms with Crippen LogP contribution in [-0.4, -0.2) is 67.1 Å². The Labute approximate surface area is 127 Å². The van der Waals surface area contributed by atoms with E-state index in [0.717, 1.165) is 18.7 Å². The third kappa shape index (κ3) is 4.52. The van der Waals surface area contributed by atoms with Gasteiger partial charge in [0, 0.05) is 49.2 Å². The van der Waals surface area contributed by atoms with Crippen molar-refractivity contribution in [2.75, 3.05) is 40.3 Å². The monoisotopic (exact) mass is 296 g/mol. The third-order valence-corrected chi connectivity index (χ3v) is 5.11. The Morgan fingerprint density at radius 1 is 1.45 bits per heavy atom. The number of nitrogens with one attached hydrogen (secondary N) is 1. The molecule has 0 aromatic carbocycles. The maximum absolute atomic E-state index is 4.61. The number of aryl methyl sites for hydroxylation is 1. The number of rotatable bonds is 6. The van der Waals surface area contributed by atoms with E-state index in [2.05, 4.69) is 53.4 Å². The second-order valence-electron chi connectivity index (χ2n) is 5.97. The van der Waals surface area contributed by atoms with Crippen molar-refractivity contribution in [1.29, 1.82) is 0 Å². The van der Waals surface area contributed by atoms with E-state index in [1.165, 1.54) is 31.1 Å². The van der Waals surface area contributed by atoms with Crippen LogP contribution in [0.5, 0.6) is 0 Å². The zero-order valence-corrected chi connectivity index (χ0v) is 14.0. The van der Waals surface area contributed by atoms with E-state index in [0.29, 0.717) is 12.1 Å². The van der Waals surface area contributed by atoms with Gasteiger partial charge in [-0.25, -0.2) is 4.98 Å². The average Bonchev–Trinajstić information content (AvgIpc) is 2.79. The van der Waals surface area contributed by atoms with Crippen molar-refractivity contribution < 1.29 is 0 Å². The number of nitrogens with zero attached hydrogens (tertiary/aromatic N) is 3. The molecule has 0 aliphatic carbocycles. The van der Waals surface area contributed by atoms with E-state index in [1.54, 1.807) is 11.3 Å². The van der Waals surface area contributed by atoms with Crippen LogP contribution in [0.15, 0.2) is 5.38 Å². The molecule has 20 heavy (non-hydrogen) atoms. The number of likely N-dealkylation sites (N-methyl/N-ethyl adjacent to an activating group) is 3.